The molecular formula is C25H28O8. The van der Waals surface area contributed by atoms with Gasteiger partial charge in [0.05, 0.1) is 5.56 Å². The lowest BCUT2D eigenvalue weighted by Gasteiger charge is -2.12. The molecule has 0 aliphatic heterocycles. The van der Waals surface area contributed by atoms with Crippen LogP contribution in [-0.2, 0) is 19.3 Å². The van der Waals surface area contributed by atoms with E-state index in [1.165, 1.54) is 37.3 Å². The molecule has 0 aliphatic rings. The zero-order chi connectivity index (χ0) is 24.1. The van der Waals surface area contributed by atoms with Crippen LogP contribution in [0, 0.1) is 0 Å². The Hall–Kier alpha value is -3.68. The number of ketones is 1. The topological polar surface area (TPSA) is 105 Å². The van der Waals surface area contributed by atoms with E-state index in [1.807, 2.05) is 0 Å². The van der Waals surface area contributed by atoms with Gasteiger partial charge in [-0.2, -0.15) is 0 Å². The lowest BCUT2D eigenvalue weighted by Crippen LogP contribution is -2.15. The molecule has 0 atom stereocenters. The van der Waals surface area contributed by atoms with Gasteiger partial charge in [0.2, 0.25) is 6.79 Å². The number of esters is 1. The third kappa shape index (κ3) is 8.76. The zero-order valence-electron chi connectivity index (χ0n) is 18.8. The van der Waals surface area contributed by atoms with Crippen LogP contribution in [0.15, 0.2) is 48.5 Å². The number of benzene rings is 2. The molecule has 0 saturated heterocycles. The lowest BCUT2D eigenvalue weighted by molar-refractivity contribution is -0.187. The van der Waals surface area contributed by atoms with Crippen molar-refractivity contribution in [1.82, 2.24) is 0 Å². The minimum absolute atomic E-state index is 0.0107. The van der Waals surface area contributed by atoms with Crippen LogP contribution < -0.4 is 4.74 Å². The van der Waals surface area contributed by atoms with E-state index in [1.54, 1.807) is 18.2 Å². The smallest absolute Gasteiger partial charge is 0.390 e. The second-order valence-electron chi connectivity index (χ2n) is 7.30. The van der Waals surface area contributed by atoms with Crippen molar-refractivity contribution >= 4 is 23.7 Å². The first-order valence-electron chi connectivity index (χ1n) is 10.8. The third-order valence-corrected chi connectivity index (χ3v) is 4.71. The molecule has 0 N–H and O–H groups in total. The highest BCUT2D eigenvalue weighted by atomic mass is 17.2. The van der Waals surface area contributed by atoms with E-state index < -0.39 is 24.7 Å². The van der Waals surface area contributed by atoms with E-state index in [9.17, 15) is 19.2 Å². The predicted molar refractivity (Wildman–Crippen MR) is 119 cm³/mol. The second kappa shape index (κ2) is 13.7. The van der Waals surface area contributed by atoms with Gasteiger partial charge in [-0.1, -0.05) is 50.8 Å². The summed E-state index contributed by atoms with van der Waals surface area (Å²) in [6, 6.07) is 12.2. The lowest BCUT2D eigenvalue weighted by atomic mass is 10.0. The fraction of sp³-hybridized carbons (Fsp3) is 0.360. The first-order chi connectivity index (χ1) is 15.9. The van der Waals surface area contributed by atoms with Gasteiger partial charge >= 0.3 is 17.9 Å². The predicted octanol–water partition coefficient (Wildman–Crippen LogP) is 5.06. The molecule has 8 heteroatoms. The summed E-state index contributed by atoms with van der Waals surface area (Å²) in [5, 5.41) is 0. The minimum Gasteiger partial charge on any atom is -0.456 e. The molecule has 0 fully saturated rings. The number of unbranched alkanes of at least 4 members (excludes halogenated alkanes) is 4. The largest absolute Gasteiger partial charge is 0.456 e. The number of ether oxygens (including phenoxy) is 2. The Morgan fingerprint density at radius 3 is 2.18 bits per heavy atom. The van der Waals surface area contributed by atoms with Crippen molar-refractivity contribution in [2.75, 3.05) is 6.79 Å². The molecule has 8 nitrogen and oxygen atoms in total. The van der Waals surface area contributed by atoms with Crippen molar-refractivity contribution in [2.24, 2.45) is 0 Å². The van der Waals surface area contributed by atoms with E-state index >= 15 is 0 Å². The second-order valence-corrected chi connectivity index (χ2v) is 7.30. The van der Waals surface area contributed by atoms with Gasteiger partial charge in [-0.25, -0.2) is 19.4 Å². The molecule has 2 aromatic carbocycles. The molecule has 2 aromatic rings. The van der Waals surface area contributed by atoms with Crippen LogP contribution in [0.4, 0.5) is 0 Å². The van der Waals surface area contributed by atoms with E-state index in [2.05, 4.69) is 16.7 Å². The number of carbonyl (C=O) groups is 4. The molecule has 0 bridgehead atoms. The molecule has 0 saturated carbocycles. The van der Waals surface area contributed by atoms with Crippen LogP contribution in [0.2, 0.25) is 0 Å². The van der Waals surface area contributed by atoms with Crippen LogP contribution in [0.1, 0.15) is 83.4 Å². The molecule has 0 heterocycles. The number of rotatable bonds is 12. The van der Waals surface area contributed by atoms with E-state index in [0.717, 1.165) is 32.1 Å². The maximum atomic E-state index is 12.6. The molecule has 2 rings (SSSR count). The summed E-state index contributed by atoms with van der Waals surface area (Å²) in [7, 11) is 0. The van der Waals surface area contributed by atoms with Crippen molar-refractivity contribution < 1.29 is 38.4 Å². The van der Waals surface area contributed by atoms with E-state index in [4.69, 9.17) is 9.47 Å². The molecule has 0 radical (unpaired) electrons. The Morgan fingerprint density at radius 2 is 1.48 bits per heavy atom. The van der Waals surface area contributed by atoms with Crippen LogP contribution in [0.5, 0.6) is 5.75 Å². The molecule has 33 heavy (non-hydrogen) atoms. The van der Waals surface area contributed by atoms with Gasteiger partial charge in [-0.15, -0.1) is 0 Å². The van der Waals surface area contributed by atoms with Crippen molar-refractivity contribution in [2.45, 2.75) is 52.4 Å². The third-order valence-electron chi connectivity index (χ3n) is 4.71. The number of Topliss-reactive ketones (excluding diaryl/α,β-unsaturated/α-hetero) is 1. The van der Waals surface area contributed by atoms with Gasteiger partial charge < -0.3 is 9.47 Å². The SMILES string of the molecule is CCCCCCCC(=O)c1ccc(OCOC(C)=O)c(C(=O)OOC(=O)c2ccccc2)c1. The number of carbonyl (C=O) groups excluding carboxylic acids is 4. The quantitative estimate of drug-likeness (QED) is 0.109. The van der Waals surface area contributed by atoms with Crippen LogP contribution in [0.3, 0.4) is 0 Å². The first-order valence-corrected chi connectivity index (χ1v) is 10.8. The highest BCUT2D eigenvalue weighted by Crippen LogP contribution is 2.23. The zero-order valence-corrected chi connectivity index (χ0v) is 18.8. The molecule has 0 aromatic heterocycles. The minimum atomic E-state index is -1.03. The van der Waals surface area contributed by atoms with Gasteiger partial charge in [0.25, 0.3) is 0 Å². The van der Waals surface area contributed by atoms with Gasteiger partial charge in [-0.3, -0.25) is 9.59 Å². The molecule has 176 valence electrons. The molecule has 0 unspecified atom stereocenters. The Morgan fingerprint density at radius 1 is 0.788 bits per heavy atom. The van der Waals surface area contributed by atoms with Gasteiger partial charge in [0.1, 0.15) is 11.3 Å². The van der Waals surface area contributed by atoms with Crippen molar-refractivity contribution in [3.63, 3.8) is 0 Å². The fourth-order valence-corrected chi connectivity index (χ4v) is 2.94. The highest BCUT2D eigenvalue weighted by molar-refractivity contribution is 6.00. The molecule has 0 amide bonds. The van der Waals surface area contributed by atoms with Crippen LogP contribution in [-0.4, -0.2) is 30.5 Å². The Bertz CT molecular complexity index is 952. The van der Waals surface area contributed by atoms with Crippen molar-refractivity contribution in [3.8, 4) is 5.75 Å². The monoisotopic (exact) mass is 456 g/mol. The number of hydrogen-bond donors (Lipinski definition) is 0. The number of hydrogen-bond acceptors (Lipinski definition) is 8. The van der Waals surface area contributed by atoms with Gasteiger partial charge in [0, 0.05) is 18.9 Å². The fourth-order valence-electron chi connectivity index (χ4n) is 2.94. The normalized spacial score (nSPS) is 10.2. The summed E-state index contributed by atoms with van der Waals surface area (Å²) in [6.45, 7) is 2.89. The van der Waals surface area contributed by atoms with E-state index in [-0.39, 0.29) is 22.7 Å². The average molecular weight is 456 g/mol. The van der Waals surface area contributed by atoms with Crippen molar-refractivity contribution in [3.05, 3.63) is 65.2 Å². The van der Waals surface area contributed by atoms with Crippen LogP contribution in [0.25, 0.3) is 0 Å². The summed E-state index contributed by atoms with van der Waals surface area (Å²) in [6.07, 6.45) is 5.35. The summed E-state index contributed by atoms with van der Waals surface area (Å²) in [5.41, 5.74) is 0.357. The Labute approximate surface area is 192 Å². The maximum absolute atomic E-state index is 12.6. The molecule has 0 spiro atoms. The summed E-state index contributed by atoms with van der Waals surface area (Å²) in [5.74, 6) is -2.57. The summed E-state index contributed by atoms with van der Waals surface area (Å²) >= 11 is 0. The summed E-state index contributed by atoms with van der Waals surface area (Å²) < 4.78 is 10.1. The summed E-state index contributed by atoms with van der Waals surface area (Å²) in [4.78, 5) is 57.5. The first kappa shape index (κ1) is 25.6. The van der Waals surface area contributed by atoms with Gasteiger partial charge in [-0.05, 0) is 36.8 Å². The molecule has 0 aliphatic carbocycles. The standard InChI is InChI=1S/C25H28O8/c1-3-4-5-6-10-13-22(27)20-14-15-23(31-17-30-18(2)26)21(16-20)25(29)33-32-24(28)19-11-8-7-9-12-19/h7-9,11-12,14-16H,3-6,10,13,17H2,1-2H3. The Kier molecular flexibility index (Phi) is 10.6. The maximum Gasteiger partial charge on any atom is 0.390 e. The van der Waals surface area contributed by atoms with Gasteiger partial charge in [0.15, 0.2) is 5.78 Å². The van der Waals surface area contributed by atoms with Crippen molar-refractivity contribution in [1.29, 1.82) is 0 Å². The average Bonchev–Trinajstić information content (AvgIpc) is 2.82. The Balaban J connectivity index is 2.10. The highest BCUT2D eigenvalue weighted by Gasteiger charge is 2.21. The van der Waals surface area contributed by atoms with E-state index in [0.29, 0.717) is 12.0 Å². The van der Waals surface area contributed by atoms with Crippen LogP contribution >= 0.6 is 0 Å². The molecular weight excluding hydrogens is 428 g/mol.